The lowest BCUT2D eigenvalue weighted by Gasteiger charge is -2.13. The first-order valence-corrected chi connectivity index (χ1v) is 7.67. The van der Waals surface area contributed by atoms with Crippen molar-refractivity contribution in [1.29, 1.82) is 0 Å². The lowest BCUT2D eigenvalue weighted by molar-refractivity contribution is 0.0697. The molecule has 0 spiro atoms. The van der Waals surface area contributed by atoms with E-state index in [2.05, 4.69) is 36.6 Å². The molecule has 1 aromatic heterocycles. The minimum Gasteiger partial charge on any atom is -0.478 e. The second kappa shape index (κ2) is 6.13. The average molecular weight is 305 g/mol. The summed E-state index contributed by atoms with van der Waals surface area (Å²) in [4.78, 5) is 11.1. The molecule has 0 aliphatic rings. The number of aromatic carboxylic acids is 1. The molecular weight excluding hydrogens is 286 g/mol. The molecule has 0 bridgehead atoms. The number of para-hydroxylation sites is 1. The molecule has 2 aromatic carbocycles. The Labute approximate surface area is 135 Å². The fourth-order valence-corrected chi connectivity index (χ4v) is 2.76. The van der Waals surface area contributed by atoms with Crippen LogP contribution in [0, 0.1) is 0 Å². The van der Waals surface area contributed by atoms with Gasteiger partial charge in [0.05, 0.1) is 5.56 Å². The summed E-state index contributed by atoms with van der Waals surface area (Å²) in [5.74, 6) is -0.469. The maximum atomic E-state index is 11.1. The first-order valence-electron chi connectivity index (χ1n) is 7.67. The van der Waals surface area contributed by atoms with Gasteiger partial charge in [-0.25, -0.2) is 4.79 Å². The molecule has 0 unspecified atom stereocenters. The van der Waals surface area contributed by atoms with Gasteiger partial charge in [-0.1, -0.05) is 44.2 Å². The van der Waals surface area contributed by atoms with Gasteiger partial charge in [-0.15, -0.1) is 0 Å². The standard InChI is InChI=1S/C20H19NO2/c1-14(2)18-8-3-4-9-19(18)21-11-10-17(13-21)15-6-5-7-16(12-15)20(22)23/h3-14H,1-2H3,(H,22,23). The van der Waals surface area contributed by atoms with Crippen LogP contribution < -0.4 is 0 Å². The van der Waals surface area contributed by atoms with Crippen molar-refractivity contribution in [3.05, 3.63) is 78.1 Å². The van der Waals surface area contributed by atoms with Crippen LogP contribution >= 0.6 is 0 Å². The van der Waals surface area contributed by atoms with E-state index in [0.717, 1.165) is 16.8 Å². The highest BCUT2D eigenvalue weighted by molar-refractivity contribution is 5.89. The van der Waals surface area contributed by atoms with Gasteiger partial charge >= 0.3 is 5.97 Å². The third kappa shape index (κ3) is 3.04. The Kier molecular flexibility index (Phi) is 4.02. The molecular formula is C20H19NO2. The van der Waals surface area contributed by atoms with E-state index >= 15 is 0 Å². The number of benzene rings is 2. The lowest BCUT2D eigenvalue weighted by atomic mass is 10.0. The summed E-state index contributed by atoms with van der Waals surface area (Å²) in [6.45, 7) is 4.36. The van der Waals surface area contributed by atoms with Gasteiger partial charge in [0.2, 0.25) is 0 Å². The number of carbonyl (C=O) groups is 1. The zero-order chi connectivity index (χ0) is 16.4. The third-order valence-electron chi connectivity index (χ3n) is 3.97. The molecule has 0 fully saturated rings. The summed E-state index contributed by atoms with van der Waals surface area (Å²) < 4.78 is 2.10. The molecule has 1 heterocycles. The van der Waals surface area contributed by atoms with Gasteiger partial charge < -0.3 is 9.67 Å². The topological polar surface area (TPSA) is 42.2 Å². The van der Waals surface area contributed by atoms with E-state index in [1.165, 1.54) is 5.56 Å². The van der Waals surface area contributed by atoms with Gasteiger partial charge in [0.1, 0.15) is 0 Å². The van der Waals surface area contributed by atoms with Crippen molar-refractivity contribution in [1.82, 2.24) is 4.57 Å². The molecule has 23 heavy (non-hydrogen) atoms. The Balaban J connectivity index is 2.02. The van der Waals surface area contributed by atoms with E-state index in [0.29, 0.717) is 11.5 Å². The minimum absolute atomic E-state index is 0.304. The summed E-state index contributed by atoms with van der Waals surface area (Å²) in [5, 5.41) is 9.13. The maximum Gasteiger partial charge on any atom is 0.335 e. The second-order valence-corrected chi connectivity index (χ2v) is 5.91. The van der Waals surface area contributed by atoms with Crippen molar-refractivity contribution in [2.75, 3.05) is 0 Å². The largest absolute Gasteiger partial charge is 0.478 e. The molecule has 0 aliphatic heterocycles. The number of nitrogens with zero attached hydrogens (tertiary/aromatic N) is 1. The fourth-order valence-electron chi connectivity index (χ4n) is 2.76. The van der Waals surface area contributed by atoms with Crippen molar-refractivity contribution in [3.8, 4) is 16.8 Å². The summed E-state index contributed by atoms with van der Waals surface area (Å²) >= 11 is 0. The molecule has 0 atom stereocenters. The van der Waals surface area contributed by atoms with Gasteiger partial charge in [0, 0.05) is 18.1 Å². The first kappa shape index (κ1) is 15.1. The Morgan fingerprint density at radius 3 is 2.52 bits per heavy atom. The highest BCUT2D eigenvalue weighted by atomic mass is 16.4. The predicted molar refractivity (Wildman–Crippen MR) is 92.3 cm³/mol. The predicted octanol–water partition coefficient (Wildman–Crippen LogP) is 4.97. The zero-order valence-corrected chi connectivity index (χ0v) is 13.2. The molecule has 116 valence electrons. The van der Waals surface area contributed by atoms with Gasteiger partial charge in [-0.2, -0.15) is 0 Å². The number of rotatable bonds is 4. The molecule has 0 radical (unpaired) electrons. The highest BCUT2D eigenvalue weighted by Gasteiger charge is 2.10. The number of hydrogen-bond donors (Lipinski definition) is 1. The average Bonchev–Trinajstić information content (AvgIpc) is 3.05. The molecule has 3 rings (SSSR count). The third-order valence-corrected chi connectivity index (χ3v) is 3.97. The smallest absolute Gasteiger partial charge is 0.335 e. The van der Waals surface area contributed by atoms with Crippen LogP contribution in [0.25, 0.3) is 16.8 Å². The van der Waals surface area contributed by atoms with Gasteiger partial charge in [0.25, 0.3) is 0 Å². The molecule has 0 amide bonds. The summed E-state index contributed by atoms with van der Waals surface area (Å²) in [6.07, 6.45) is 4.06. The molecule has 3 nitrogen and oxygen atoms in total. The molecule has 0 aliphatic carbocycles. The molecule has 0 saturated heterocycles. The number of carboxylic acid groups (broad SMARTS) is 1. The highest BCUT2D eigenvalue weighted by Crippen LogP contribution is 2.27. The molecule has 3 aromatic rings. The quantitative estimate of drug-likeness (QED) is 0.739. The van der Waals surface area contributed by atoms with Crippen molar-refractivity contribution < 1.29 is 9.90 Å². The van der Waals surface area contributed by atoms with Crippen molar-refractivity contribution in [3.63, 3.8) is 0 Å². The summed E-state index contributed by atoms with van der Waals surface area (Å²) in [5.41, 5.74) is 4.66. The van der Waals surface area contributed by atoms with Gasteiger partial charge in [-0.3, -0.25) is 0 Å². The first-order chi connectivity index (χ1) is 11.1. The van der Waals surface area contributed by atoms with Crippen LogP contribution in [0.1, 0.15) is 35.7 Å². The summed E-state index contributed by atoms with van der Waals surface area (Å²) in [7, 11) is 0. The zero-order valence-electron chi connectivity index (χ0n) is 13.2. The van der Waals surface area contributed by atoms with E-state index in [9.17, 15) is 4.79 Å². The van der Waals surface area contributed by atoms with Crippen LogP contribution in [0.4, 0.5) is 0 Å². The Bertz CT molecular complexity index is 846. The molecule has 1 N–H and O–H groups in total. The van der Waals surface area contributed by atoms with Crippen LogP contribution in [0.15, 0.2) is 67.0 Å². The van der Waals surface area contributed by atoms with Crippen LogP contribution in [0.2, 0.25) is 0 Å². The van der Waals surface area contributed by atoms with E-state index in [1.807, 2.05) is 30.6 Å². The second-order valence-electron chi connectivity index (χ2n) is 5.91. The minimum atomic E-state index is -0.906. The maximum absolute atomic E-state index is 11.1. The van der Waals surface area contributed by atoms with Crippen molar-refractivity contribution >= 4 is 5.97 Å². The Hall–Kier alpha value is -2.81. The molecule has 0 saturated carbocycles. The van der Waals surface area contributed by atoms with Gasteiger partial charge in [0.15, 0.2) is 0 Å². The van der Waals surface area contributed by atoms with E-state index in [1.54, 1.807) is 18.2 Å². The van der Waals surface area contributed by atoms with Crippen LogP contribution in [0.3, 0.4) is 0 Å². The number of carboxylic acids is 1. The number of hydrogen-bond acceptors (Lipinski definition) is 1. The number of aromatic nitrogens is 1. The van der Waals surface area contributed by atoms with Crippen LogP contribution in [-0.4, -0.2) is 15.6 Å². The lowest BCUT2D eigenvalue weighted by Crippen LogP contribution is -1.98. The van der Waals surface area contributed by atoms with E-state index in [-0.39, 0.29) is 0 Å². The van der Waals surface area contributed by atoms with E-state index < -0.39 is 5.97 Å². The van der Waals surface area contributed by atoms with E-state index in [4.69, 9.17) is 5.11 Å². The van der Waals surface area contributed by atoms with Crippen LogP contribution in [-0.2, 0) is 0 Å². The van der Waals surface area contributed by atoms with Crippen molar-refractivity contribution in [2.24, 2.45) is 0 Å². The van der Waals surface area contributed by atoms with Gasteiger partial charge in [-0.05, 0) is 46.9 Å². The monoisotopic (exact) mass is 305 g/mol. The molecule has 3 heteroatoms. The fraction of sp³-hybridized carbons (Fsp3) is 0.150. The van der Waals surface area contributed by atoms with Crippen molar-refractivity contribution in [2.45, 2.75) is 19.8 Å². The normalized spacial score (nSPS) is 10.9. The van der Waals surface area contributed by atoms with Crippen LogP contribution in [0.5, 0.6) is 0 Å². The Morgan fingerprint density at radius 2 is 1.78 bits per heavy atom. The Morgan fingerprint density at radius 1 is 1.00 bits per heavy atom. The SMILES string of the molecule is CC(C)c1ccccc1-n1ccc(-c2cccc(C(=O)O)c2)c1. The summed E-state index contributed by atoms with van der Waals surface area (Å²) in [6, 6.07) is 17.4.